The highest BCUT2D eigenvalue weighted by Crippen LogP contribution is 2.32. The molecule has 0 spiro atoms. The van der Waals surface area contributed by atoms with Crippen molar-refractivity contribution in [1.82, 2.24) is 10.2 Å². The normalized spacial score (nSPS) is 17.4. The molecule has 258 valence electrons. The van der Waals surface area contributed by atoms with Crippen LogP contribution in [0.2, 0.25) is 0 Å². The zero-order chi connectivity index (χ0) is 34.4. The van der Waals surface area contributed by atoms with E-state index in [1.807, 2.05) is 19.1 Å². The molecule has 5 rings (SSSR count). The van der Waals surface area contributed by atoms with E-state index in [2.05, 4.69) is 46.6 Å². The average Bonchev–Trinajstić information content (AvgIpc) is 3.07. The number of nitrogens with zero attached hydrogens (tertiary/aromatic N) is 2. The summed E-state index contributed by atoms with van der Waals surface area (Å²) >= 11 is 0. The molecule has 1 fully saturated rings. The first-order chi connectivity index (χ1) is 23.0. The number of anilines is 2. The average molecular weight is 682 g/mol. The molecule has 12 heteroatoms. The van der Waals surface area contributed by atoms with Gasteiger partial charge in [-0.25, -0.2) is 17.2 Å². The SMILES string of the molecule is CCC1CN=C(NC(=O)c2ccc(NC(C)CN(CC)CC)cc2NC2CCOCC2)c2cc(S(=O)(=O)c3cc(F)cc(F)c3)ccc21. The van der Waals surface area contributed by atoms with E-state index in [4.69, 9.17) is 4.74 Å². The molecular formula is C36H45F2N5O4S. The van der Waals surface area contributed by atoms with E-state index in [9.17, 15) is 22.0 Å². The van der Waals surface area contributed by atoms with Gasteiger partial charge in [0.1, 0.15) is 17.5 Å². The second kappa shape index (κ2) is 15.6. The molecule has 0 bridgehead atoms. The topological polar surface area (TPSA) is 112 Å². The van der Waals surface area contributed by atoms with Crippen LogP contribution in [-0.2, 0) is 14.6 Å². The summed E-state index contributed by atoms with van der Waals surface area (Å²) in [5.41, 5.74) is 3.28. The lowest BCUT2D eigenvalue weighted by atomic mass is 9.89. The molecule has 9 nitrogen and oxygen atoms in total. The summed E-state index contributed by atoms with van der Waals surface area (Å²) in [7, 11) is -4.27. The van der Waals surface area contributed by atoms with Crippen molar-refractivity contribution < 1.29 is 26.7 Å². The lowest BCUT2D eigenvalue weighted by Gasteiger charge is -2.27. The number of carbonyl (C=O) groups is 1. The Labute approximate surface area is 282 Å². The molecule has 3 aromatic carbocycles. The molecule has 48 heavy (non-hydrogen) atoms. The number of hydrogen-bond donors (Lipinski definition) is 3. The fourth-order valence-corrected chi connectivity index (χ4v) is 7.64. The van der Waals surface area contributed by atoms with Gasteiger partial charge in [0.05, 0.1) is 15.4 Å². The van der Waals surface area contributed by atoms with Crippen LogP contribution in [0, 0.1) is 11.6 Å². The van der Waals surface area contributed by atoms with Crippen molar-refractivity contribution in [3.63, 3.8) is 0 Å². The highest BCUT2D eigenvalue weighted by molar-refractivity contribution is 7.91. The third-order valence-electron chi connectivity index (χ3n) is 9.06. The molecule has 2 aliphatic heterocycles. The van der Waals surface area contributed by atoms with Crippen LogP contribution >= 0.6 is 0 Å². The summed E-state index contributed by atoms with van der Waals surface area (Å²) in [6, 6.07) is 12.7. The quantitative estimate of drug-likeness (QED) is 0.208. The van der Waals surface area contributed by atoms with Gasteiger partial charge in [-0.15, -0.1) is 0 Å². The number of benzene rings is 3. The van der Waals surface area contributed by atoms with Crippen LogP contribution in [0.4, 0.5) is 20.2 Å². The molecule has 0 aliphatic carbocycles. The van der Waals surface area contributed by atoms with E-state index in [0.717, 1.165) is 62.3 Å². The van der Waals surface area contributed by atoms with Crippen molar-refractivity contribution in [1.29, 1.82) is 0 Å². The largest absolute Gasteiger partial charge is 0.381 e. The number of rotatable bonds is 12. The molecule has 2 unspecified atom stereocenters. The van der Waals surface area contributed by atoms with Crippen LogP contribution in [0.5, 0.6) is 0 Å². The molecule has 1 saturated heterocycles. The second-order valence-corrected chi connectivity index (χ2v) is 14.4. The maximum Gasteiger partial charge on any atom is 0.258 e. The van der Waals surface area contributed by atoms with E-state index in [-0.39, 0.29) is 28.7 Å². The van der Waals surface area contributed by atoms with Gasteiger partial charge >= 0.3 is 0 Å². The molecule has 0 radical (unpaired) electrons. The van der Waals surface area contributed by atoms with Crippen LogP contribution in [0.15, 0.2) is 69.4 Å². The first kappa shape index (κ1) is 35.4. The van der Waals surface area contributed by atoms with Crippen LogP contribution in [-0.4, -0.2) is 76.5 Å². The fourth-order valence-electron chi connectivity index (χ4n) is 6.31. The molecule has 2 heterocycles. The lowest BCUT2D eigenvalue weighted by molar-refractivity contribution is 0.0904. The zero-order valence-electron chi connectivity index (χ0n) is 28.0. The summed E-state index contributed by atoms with van der Waals surface area (Å²) < 4.78 is 60.4. The van der Waals surface area contributed by atoms with Gasteiger partial charge < -0.3 is 25.6 Å². The van der Waals surface area contributed by atoms with Gasteiger partial charge in [-0.3, -0.25) is 9.79 Å². The van der Waals surface area contributed by atoms with E-state index in [1.54, 1.807) is 12.1 Å². The summed E-state index contributed by atoms with van der Waals surface area (Å²) in [6.45, 7) is 12.9. The predicted molar refractivity (Wildman–Crippen MR) is 185 cm³/mol. The van der Waals surface area contributed by atoms with Gasteiger partial charge in [0.2, 0.25) is 9.84 Å². The highest BCUT2D eigenvalue weighted by atomic mass is 32.2. The first-order valence-corrected chi connectivity index (χ1v) is 18.2. The van der Waals surface area contributed by atoms with Gasteiger partial charge in [-0.1, -0.05) is 26.8 Å². The van der Waals surface area contributed by atoms with Gasteiger partial charge in [-0.2, -0.15) is 0 Å². The zero-order valence-corrected chi connectivity index (χ0v) is 28.8. The monoisotopic (exact) mass is 681 g/mol. The summed E-state index contributed by atoms with van der Waals surface area (Å²) in [6.07, 6.45) is 2.36. The van der Waals surface area contributed by atoms with Crippen LogP contribution in [0.1, 0.15) is 74.4 Å². The minimum atomic E-state index is -4.27. The number of halogens is 2. The maximum absolute atomic E-state index is 14.0. The molecule has 0 aromatic heterocycles. The molecule has 3 aromatic rings. The number of sulfone groups is 1. The van der Waals surface area contributed by atoms with Crippen molar-refractivity contribution >= 4 is 33.0 Å². The van der Waals surface area contributed by atoms with Gasteiger partial charge in [0.25, 0.3) is 5.91 Å². The summed E-state index contributed by atoms with van der Waals surface area (Å²) in [5, 5.41) is 10.1. The number of hydrogen-bond acceptors (Lipinski definition) is 8. The number of nitrogens with one attached hydrogen (secondary N) is 3. The van der Waals surface area contributed by atoms with E-state index < -0.39 is 32.3 Å². The number of carbonyl (C=O) groups excluding carboxylic acids is 1. The fraction of sp³-hybridized carbons (Fsp3) is 0.444. The molecule has 1 amide bonds. The van der Waals surface area contributed by atoms with Crippen molar-refractivity contribution in [2.24, 2.45) is 4.99 Å². The molecule has 0 saturated carbocycles. The van der Waals surface area contributed by atoms with Gasteiger partial charge in [0.15, 0.2) is 0 Å². The Morgan fingerprint density at radius 3 is 2.35 bits per heavy atom. The maximum atomic E-state index is 14.0. The lowest BCUT2D eigenvalue weighted by Crippen LogP contribution is -2.36. The first-order valence-electron chi connectivity index (χ1n) is 16.7. The Hall–Kier alpha value is -3.87. The number of ether oxygens (including phenoxy) is 1. The molecular weight excluding hydrogens is 636 g/mol. The Kier molecular flexibility index (Phi) is 11.5. The highest BCUT2D eigenvalue weighted by Gasteiger charge is 2.28. The van der Waals surface area contributed by atoms with Crippen LogP contribution < -0.4 is 16.0 Å². The Morgan fingerprint density at radius 2 is 1.69 bits per heavy atom. The van der Waals surface area contributed by atoms with E-state index in [1.165, 1.54) is 12.1 Å². The molecule has 2 aliphatic rings. The van der Waals surface area contributed by atoms with Crippen molar-refractivity contribution in [2.75, 3.05) is 50.0 Å². The van der Waals surface area contributed by atoms with Gasteiger partial charge in [0, 0.05) is 67.3 Å². The molecule has 2 atom stereocenters. The third kappa shape index (κ3) is 8.22. The molecule has 3 N–H and O–H groups in total. The van der Waals surface area contributed by atoms with Crippen molar-refractivity contribution in [3.05, 3.63) is 82.9 Å². The standard InChI is InChI=1S/C36H45F2N5O4S/c1-5-24-21-39-35(33-20-29(9-11-31(24)33)48(45,46)30-17-25(37)16-26(38)18-30)42-36(44)32-10-8-28(40-23(4)22-43(6-2)7-3)19-34(32)41-27-12-14-47-15-13-27/h8-11,16-20,23-24,27,40-41H,5-7,12-15,21-22H2,1-4H3,(H,39,42,44). The number of amidine groups is 1. The Balaban J connectivity index is 1.45. The number of fused-ring (bicyclic) bond motifs is 1. The number of likely N-dealkylation sites (N-methyl/N-ethyl adjacent to an activating group) is 1. The smallest absolute Gasteiger partial charge is 0.258 e. The number of amides is 1. The Morgan fingerprint density at radius 1 is 0.979 bits per heavy atom. The third-order valence-corrected chi connectivity index (χ3v) is 10.8. The van der Waals surface area contributed by atoms with Crippen molar-refractivity contribution in [2.45, 2.75) is 74.7 Å². The summed E-state index contributed by atoms with van der Waals surface area (Å²) in [5.74, 6) is -2.12. The van der Waals surface area contributed by atoms with Crippen molar-refractivity contribution in [3.8, 4) is 0 Å². The predicted octanol–water partition coefficient (Wildman–Crippen LogP) is 6.21. The van der Waals surface area contributed by atoms with Crippen LogP contribution in [0.3, 0.4) is 0 Å². The minimum Gasteiger partial charge on any atom is -0.381 e. The summed E-state index contributed by atoms with van der Waals surface area (Å²) in [4.78, 5) is 20.4. The van der Waals surface area contributed by atoms with E-state index in [0.29, 0.717) is 42.6 Å². The minimum absolute atomic E-state index is 0.0125. The van der Waals surface area contributed by atoms with E-state index >= 15 is 0 Å². The van der Waals surface area contributed by atoms with Crippen LogP contribution in [0.25, 0.3) is 0 Å². The number of aliphatic imine (C=N–C) groups is 1. The Bertz CT molecular complexity index is 1740. The van der Waals surface area contributed by atoms with Gasteiger partial charge in [-0.05, 0) is 87.3 Å². The second-order valence-electron chi connectivity index (χ2n) is 12.4.